The van der Waals surface area contributed by atoms with Gasteiger partial charge < -0.3 is 28.4 Å². The summed E-state index contributed by atoms with van der Waals surface area (Å²) in [6.07, 6.45) is 2.51. The summed E-state index contributed by atoms with van der Waals surface area (Å²) in [4.78, 5) is 26.7. The zero-order valence-electron chi connectivity index (χ0n) is 29.1. The summed E-state index contributed by atoms with van der Waals surface area (Å²) < 4.78 is 41.1. The highest BCUT2D eigenvalue weighted by atomic mass is 19.1. The van der Waals surface area contributed by atoms with Crippen molar-refractivity contribution in [3.63, 3.8) is 0 Å². The van der Waals surface area contributed by atoms with Crippen LogP contribution in [0.15, 0.2) is 89.9 Å². The molecule has 0 bridgehead atoms. The summed E-state index contributed by atoms with van der Waals surface area (Å²) >= 11 is 0. The van der Waals surface area contributed by atoms with Gasteiger partial charge in [-0.15, -0.1) is 0 Å². The van der Waals surface area contributed by atoms with Gasteiger partial charge in [0.15, 0.2) is 11.5 Å². The van der Waals surface area contributed by atoms with E-state index in [9.17, 15) is 4.79 Å². The monoisotopic (exact) mass is 677 g/mol. The summed E-state index contributed by atoms with van der Waals surface area (Å²) in [5.74, 6) is 1.95. The quantitative estimate of drug-likeness (QED) is 0.138. The summed E-state index contributed by atoms with van der Waals surface area (Å²) in [6, 6.07) is 23.6. The lowest BCUT2D eigenvalue weighted by molar-refractivity contribution is 0.324. The number of ether oxygens (including phenoxy) is 4. The normalized spacial score (nSPS) is 11.3. The second-order valence-corrected chi connectivity index (χ2v) is 11.9. The number of methoxy groups -OCH3 is 4. The molecule has 0 aliphatic carbocycles. The molecule has 10 nitrogen and oxygen atoms in total. The van der Waals surface area contributed by atoms with Crippen LogP contribution < -0.4 is 24.5 Å². The maximum absolute atomic E-state index is 15.2. The second kappa shape index (κ2) is 14.8. The lowest BCUT2D eigenvalue weighted by atomic mass is 10.0. The van der Waals surface area contributed by atoms with Gasteiger partial charge in [-0.25, -0.2) is 13.8 Å². The Balaban J connectivity index is 1.63. The first kappa shape index (κ1) is 34.2. The topological polar surface area (TPSA) is 92.3 Å². The van der Waals surface area contributed by atoms with Crippen LogP contribution in [0.2, 0.25) is 0 Å². The Hall–Kier alpha value is -5.68. The average Bonchev–Trinajstić information content (AvgIpc) is 3.52. The van der Waals surface area contributed by atoms with Crippen LogP contribution >= 0.6 is 0 Å². The van der Waals surface area contributed by atoms with E-state index in [1.807, 2.05) is 61.0 Å². The van der Waals surface area contributed by atoms with E-state index in [-0.39, 0.29) is 17.9 Å². The minimum absolute atomic E-state index is 0.133. The number of imidazole rings is 1. The van der Waals surface area contributed by atoms with Gasteiger partial charge in [0.1, 0.15) is 11.6 Å². The molecule has 0 atom stereocenters. The lowest BCUT2D eigenvalue weighted by Crippen LogP contribution is -2.28. The van der Waals surface area contributed by atoms with Gasteiger partial charge in [-0.05, 0) is 74.1 Å². The van der Waals surface area contributed by atoms with Crippen molar-refractivity contribution >= 4 is 5.78 Å². The molecule has 3 heterocycles. The lowest BCUT2D eigenvalue weighted by Gasteiger charge is -2.20. The number of benzene rings is 3. The molecule has 0 saturated heterocycles. The van der Waals surface area contributed by atoms with E-state index in [4.69, 9.17) is 23.9 Å². The van der Waals surface area contributed by atoms with Crippen molar-refractivity contribution in [2.75, 3.05) is 42.0 Å². The van der Waals surface area contributed by atoms with E-state index in [0.717, 1.165) is 17.7 Å². The van der Waals surface area contributed by atoms with Crippen molar-refractivity contribution in [2.24, 2.45) is 0 Å². The Kier molecular flexibility index (Phi) is 10.1. The molecule has 50 heavy (non-hydrogen) atoms. The SMILES string of the molecule is COc1ccc(-c2nc3n(Cc4ccccc4F)c(C)c(-c4cc(OC)c(OC)c(OC)c4)c(=O)n3c2CN(C)CCc2ccccn2)cc1. The standard InChI is InChI=1S/C39H40FN5O5/c1-25-35(28-21-33(48-4)37(50-6)34(22-28)49-5)38(46)45-32(24-43(2)20-18-29-12-9-10-19-41-29)36(26-14-16-30(47-3)17-15-26)42-39(45)44(25)23-27-11-7-8-13-31(27)40/h7-17,19,21-22H,18,20,23-24H2,1-6H3. The van der Waals surface area contributed by atoms with Gasteiger partial charge in [-0.1, -0.05) is 24.3 Å². The molecule has 6 rings (SSSR count). The maximum Gasteiger partial charge on any atom is 0.267 e. The predicted molar refractivity (Wildman–Crippen MR) is 191 cm³/mol. The number of fused-ring (bicyclic) bond motifs is 1. The van der Waals surface area contributed by atoms with Gasteiger partial charge in [0, 0.05) is 48.2 Å². The van der Waals surface area contributed by atoms with Crippen molar-refractivity contribution in [3.05, 3.63) is 124 Å². The van der Waals surface area contributed by atoms with Crippen LogP contribution in [0.3, 0.4) is 0 Å². The molecule has 0 radical (unpaired) electrons. The Morgan fingerprint density at radius 3 is 2.16 bits per heavy atom. The van der Waals surface area contributed by atoms with Crippen molar-refractivity contribution in [2.45, 2.75) is 26.4 Å². The van der Waals surface area contributed by atoms with Crippen LogP contribution in [0.5, 0.6) is 23.0 Å². The second-order valence-electron chi connectivity index (χ2n) is 11.9. The number of pyridine rings is 1. The minimum atomic E-state index is -0.352. The average molecular weight is 678 g/mol. The molecule has 3 aromatic heterocycles. The fourth-order valence-corrected chi connectivity index (χ4v) is 6.24. The zero-order chi connectivity index (χ0) is 35.4. The number of aromatic nitrogens is 4. The Labute approximate surface area is 290 Å². The van der Waals surface area contributed by atoms with Crippen LogP contribution in [0, 0.1) is 12.7 Å². The van der Waals surface area contributed by atoms with Gasteiger partial charge in [0.05, 0.1) is 51.9 Å². The van der Waals surface area contributed by atoms with Gasteiger partial charge in [-0.2, -0.15) is 0 Å². The van der Waals surface area contributed by atoms with E-state index in [2.05, 4.69) is 9.88 Å². The van der Waals surface area contributed by atoms with E-state index in [0.29, 0.717) is 75.6 Å². The highest BCUT2D eigenvalue weighted by Crippen LogP contribution is 2.41. The fourth-order valence-electron chi connectivity index (χ4n) is 6.24. The number of hydrogen-bond donors (Lipinski definition) is 0. The Bertz CT molecular complexity index is 2160. The first-order valence-electron chi connectivity index (χ1n) is 16.2. The molecule has 0 fully saturated rings. The van der Waals surface area contributed by atoms with Gasteiger partial charge in [-0.3, -0.25) is 9.78 Å². The predicted octanol–water partition coefficient (Wildman–Crippen LogP) is 6.43. The minimum Gasteiger partial charge on any atom is -0.497 e. The summed E-state index contributed by atoms with van der Waals surface area (Å²) in [7, 11) is 8.21. The van der Waals surface area contributed by atoms with E-state index in [1.165, 1.54) is 27.4 Å². The molecule has 0 aliphatic heterocycles. The molecule has 11 heteroatoms. The first-order valence-corrected chi connectivity index (χ1v) is 16.2. The number of rotatable bonds is 13. The Morgan fingerprint density at radius 2 is 1.54 bits per heavy atom. The van der Waals surface area contributed by atoms with Crippen LogP contribution in [-0.2, 0) is 19.5 Å². The number of halogens is 1. The first-order chi connectivity index (χ1) is 24.3. The molecule has 0 saturated carbocycles. The van der Waals surface area contributed by atoms with Crippen molar-refractivity contribution in [1.29, 1.82) is 0 Å². The van der Waals surface area contributed by atoms with Crippen molar-refractivity contribution in [3.8, 4) is 45.4 Å². The molecule has 0 N–H and O–H groups in total. The van der Waals surface area contributed by atoms with Crippen LogP contribution in [0.1, 0.15) is 22.6 Å². The largest absolute Gasteiger partial charge is 0.497 e. The third-order valence-corrected chi connectivity index (χ3v) is 8.88. The van der Waals surface area contributed by atoms with Crippen LogP contribution in [-0.4, -0.2) is 65.9 Å². The van der Waals surface area contributed by atoms with Crippen LogP contribution in [0.4, 0.5) is 4.39 Å². The molecule has 0 amide bonds. The molecule has 0 spiro atoms. The van der Waals surface area contributed by atoms with Crippen molar-refractivity contribution < 1.29 is 23.3 Å². The van der Waals surface area contributed by atoms with Gasteiger partial charge >= 0.3 is 0 Å². The van der Waals surface area contributed by atoms with Crippen molar-refractivity contribution in [1.82, 2.24) is 23.8 Å². The molecule has 0 unspecified atom stereocenters. The summed E-state index contributed by atoms with van der Waals surface area (Å²) in [5.41, 5.74) is 4.84. The molecular formula is C39H40FN5O5. The molecule has 258 valence electrons. The molecule has 0 aliphatic rings. The van der Waals surface area contributed by atoms with E-state index in [1.54, 1.807) is 48.0 Å². The summed E-state index contributed by atoms with van der Waals surface area (Å²) in [5, 5.41) is 0. The van der Waals surface area contributed by atoms with Gasteiger partial charge in [0.2, 0.25) is 11.5 Å². The maximum atomic E-state index is 15.2. The van der Waals surface area contributed by atoms with Gasteiger partial charge in [0.25, 0.3) is 5.56 Å². The highest BCUT2D eigenvalue weighted by molar-refractivity contribution is 5.74. The Morgan fingerprint density at radius 1 is 0.840 bits per heavy atom. The molecule has 6 aromatic rings. The smallest absolute Gasteiger partial charge is 0.267 e. The third-order valence-electron chi connectivity index (χ3n) is 8.88. The summed E-state index contributed by atoms with van der Waals surface area (Å²) in [6.45, 7) is 3.05. The number of likely N-dealkylation sites (N-methyl/N-ethyl adjacent to an activating group) is 1. The molecular weight excluding hydrogens is 637 g/mol. The third kappa shape index (κ3) is 6.64. The van der Waals surface area contributed by atoms with Crippen LogP contribution in [0.25, 0.3) is 28.2 Å². The molecule has 3 aromatic carbocycles. The van der Waals surface area contributed by atoms with E-state index >= 15 is 4.39 Å². The zero-order valence-corrected chi connectivity index (χ0v) is 29.1. The number of nitrogens with zero attached hydrogens (tertiary/aromatic N) is 5. The van der Waals surface area contributed by atoms with E-state index < -0.39 is 0 Å². The fraction of sp³-hybridized carbons (Fsp3) is 0.256. The number of hydrogen-bond acceptors (Lipinski definition) is 8. The highest BCUT2D eigenvalue weighted by Gasteiger charge is 2.26.